The van der Waals surface area contributed by atoms with E-state index in [1.807, 2.05) is 26.1 Å². The molecule has 0 aliphatic carbocycles. The van der Waals surface area contributed by atoms with E-state index < -0.39 is 0 Å². The molecule has 0 aliphatic heterocycles. The maximum atomic E-state index is 4.15. The van der Waals surface area contributed by atoms with E-state index in [9.17, 15) is 0 Å². The van der Waals surface area contributed by atoms with Crippen LogP contribution in [-0.2, 0) is 0 Å². The molecule has 1 rings (SSSR count). The van der Waals surface area contributed by atoms with Crippen LogP contribution in [0.25, 0.3) is 0 Å². The van der Waals surface area contributed by atoms with Crippen LogP contribution in [-0.4, -0.2) is 12.0 Å². The first kappa shape index (κ1) is 7.41. The third kappa shape index (κ3) is 1.42. The first-order valence-electron chi connectivity index (χ1n) is 3.06. The first-order valence-corrected chi connectivity index (χ1v) is 3.46. The lowest BCUT2D eigenvalue weighted by molar-refractivity contribution is 1.17. The van der Waals surface area contributed by atoms with Gasteiger partial charge in [0.15, 0.2) is 0 Å². The molecule has 1 aromatic rings. The molecule has 54 valence electrons. The molecule has 0 atom stereocenters. The molecular weight excluding hydrogens is 144 g/mol. The van der Waals surface area contributed by atoms with E-state index >= 15 is 0 Å². The molecule has 0 saturated heterocycles. The molecule has 0 bridgehead atoms. The fourth-order valence-electron chi connectivity index (χ4n) is 0.818. The number of pyridine rings is 1. The number of hydrogen-bond donors (Lipinski definition) is 1. The van der Waals surface area contributed by atoms with Crippen molar-refractivity contribution in [3.05, 3.63) is 24.0 Å². The van der Waals surface area contributed by atoms with Crippen LogP contribution in [0.4, 0.5) is 5.69 Å². The molecular formula is C7H10N2S. The molecule has 0 aliphatic rings. The fraction of sp³-hybridized carbons (Fsp3) is 0.286. The maximum absolute atomic E-state index is 4.15. The normalized spacial score (nSPS) is 9.50. The van der Waals surface area contributed by atoms with Crippen molar-refractivity contribution >= 4 is 18.5 Å². The minimum absolute atomic E-state index is 1.00. The van der Waals surface area contributed by atoms with Crippen LogP contribution in [0, 0.1) is 6.92 Å². The van der Waals surface area contributed by atoms with Gasteiger partial charge in [0.05, 0.1) is 11.4 Å². The Morgan fingerprint density at radius 3 is 2.70 bits per heavy atom. The predicted molar refractivity (Wildman–Crippen MR) is 46.4 cm³/mol. The van der Waals surface area contributed by atoms with Crippen LogP contribution in [0.5, 0.6) is 0 Å². The molecule has 0 saturated carbocycles. The van der Waals surface area contributed by atoms with Crippen molar-refractivity contribution in [1.82, 2.24) is 4.98 Å². The van der Waals surface area contributed by atoms with Gasteiger partial charge in [-0.15, -0.1) is 0 Å². The summed E-state index contributed by atoms with van der Waals surface area (Å²) in [7, 11) is 1.88. The van der Waals surface area contributed by atoms with Gasteiger partial charge in [-0.05, 0) is 19.1 Å². The Labute approximate surface area is 66.4 Å². The van der Waals surface area contributed by atoms with Gasteiger partial charge in [0.25, 0.3) is 0 Å². The van der Waals surface area contributed by atoms with Crippen molar-refractivity contribution in [2.75, 3.05) is 11.4 Å². The molecule has 0 amide bonds. The van der Waals surface area contributed by atoms with Gasteiger partial charge in [-0.2, -0.15) is 0 Å². The highest BCUT2D eigenvalue weighted by molar-refractivity contribution is 7.81. The minimum atomic E-state index is 1.00. The standard InChI is InChI=1S/C7H10N2S/c1-6-7(9(2)10)4-3-5-8-6/h3-5,10H,1-2H3. The quantitative estimate of drug-likeness (QED) is 0.619. The summed E-state index contributed by atoms with van der Waals surface area (Å²) < 4.78 is 1.75. The fourth-order valence-corrected chi connectivity index (χ4v) is 1.03. The molecule has 10 heavy (non-hydrogen) atoms. The molecule has 0 spiro atoms. The number of aromatic nitrogens is 1. The zero-order valence-electron chi connectivity index (χ0n) is 6.07. The van der Waals surface area contributed by atoms with Crippen LogP contribution in [0.2, 0.25) is 0 Å². The summed E-state index contributed by atoms with van der Waals surface area (Å²) in [6, 6.07) is 3.88. The highest BCUT2D eigenvalue weighted by Gasteiger charge is 1.98. The van der Waals surface area contributed by atoms with Crippen molar-refractivity contribution in [2.45, 2.75) is 6.92 Å². The van der Waals surface area contributed by atoms with Crippen LogP contribution in [0.1, 0.15) is 5.69 Å². The smallest absolute Gasteiger partial charge is 0.0677 e. The van der Waals surface area contributed by atoms with Gasteiger partial charge in [0.2, 0.25) is 0 Å². The van der Waals surface area contributed by atoms with E-state index in [2.05, 4.69) is 17.8 Å². The van der Waals surface area contributed by atoms with Gasteiger partial charge >= 0.3 is 0 Å². The third-order valence-corrected chi connectivity index (χ3v) is 1.54. The highest BCUT2D eigenvalue weighted by Crippen LogP contribution is 2.15. The Hall–Kier alpha value is -0.700. The monoisotopic (exact) mass is 154 g/mol. The van der Waals surface area contributed by atoms with Gasteiger partial charge in [0, 0.05) is 13.2 Å². The number of rotatable bonds is 1. The lowest BCUT2D eigenvalue weighted by Crippen LogP contribution is -2.03. The summed E-state index contributed by atoms with van der Waals surface area (Å²) in [5.74, 6) is 0. The van der Waals surface area contributed by atoms with Crippen molar-refractivity contribution in [2.24, 2.45) is 0 Å². The summed E-state index contributed by atoms with van der Waals surface area (Å²) in [5, 5.41) is 0. The first-order chi connectivity index (χ1) is 4.72. The third-order valence-electron chi connectivity index (χ3n) is 1.33. The lowest BCUT2D eigenvalue weighted by atomic mass is 10.3. The number of hydrogen-bond acceptors (Lipinski definition) is 3. The van der Waals surface area contributed by atoms with Gasteiger partial charge < -0.3 is 4.31 Å². The van der Waals surface area contributed by atoms with E-state index in [0.29, 0.717) is 0 Å². The van der Waals surface area contributed by atoms with Crippen LogP contribution in [0.3, 0.4) is 0 Å². The Bertz CT molecular complexity index is 223. The molecule has 2 nitrogen and oxygen atoms in total. The number of anilines is 1. The van der Waals surface area contributed by atoms with Gasteiger partial charge in [-0.25, -0.2) is 0 Å². The average molecular weight is 154 g/mol. The summed E-state index contributed by atoms with van der Waals surface area (Å²) in [5.41, 5.74) is 2.05. The Kier molecular flexibility index (Phi) is 2.17. The maximum Gasteiger partial charge on any atom is 0.0677 e. The SMILES string of the molecule is Cc1ncccc1N(C)S. The molecule has 1 aromatic heterocycles. The number of thiol groups is 1. The van der Waals surface area contributed by atoms with Crippen molar-refractivity contribution in [3.63, 3.8) is 0 Å². The van der Waals surface area contributed by atoms with Gasteiger partial charge in [-0.3, -0.25) is 4.98 Å². The van der Waals surface area contributed by atoms with Crippen molar-refractivity contribution in [1.29, 1.82) is 0 Å². The lowest BCUT2D eigenvalue weighted by Gasteiger charge is -2.11. The Balaban J connectivity index is 3.03. The van der Waals surface area contributed by atoms with Crippen LogP contribution < -0.4 is 4.31 Å². The number of nitrogens with zero attached hydrogens (tertiary/aromatic N) is 2. The Morgan fingerprint density at radius 1 is 1.60 bits per heavy atom. The summed E-state index contributed by atoms with van der Waals surface area (Å²) in [4.78, 5) is 4.11. The molecule has 0 N–H and O–H groups in total. The van der Waals surface area contributed by atoms with Crippen molar-refractivity contribution < 1.29 is 0 Å². The van der Waals surface area contributed by atoms with E-state index in [1.165, 1.54) is 0 Å². The largest absolute Gasteiger partial charge is 0.320 e. The predicted octanol–water partition coefficient (Wildman–Crippen LogP) is 1.67. The van der Waals surface area contributed by atoms with E-state index in [0.717, 1.165) is 11.4 Å². The summed E-state index contributed by atoms with van der Waals surface area (Å²) >= 11 is 4.15. The molecule has 0 radical (unpaired) electrons. The second kappa shape index (κ2) is 2.92. The number of aryl methyl sites for hydroxylation is 1. The summed E-state index contributed by atoms with van der Waals surface area (Å²) in [6.45, 7) is 1.96. The molecule has 3 heteroatoms. The molecule has 1 heterocycles. The second-order valence-electron chi connectivity index (χ2n) is 2.13. The van der Waals surface area contributed by atoms with Crippen LogP contribution >= 0.6 is 12.8 Å². The molecule has 0 aromatic carbocycles. The topological polar surface area (TPSA) is 16.1 Å². The van der Waals surface area contributed by atoms with Crippen LogP contribution in [0.15, 0.2) is 18.3 Å². The highest BCUT2D eigenvalue weighted by atomic mass is 32.1. The minimum Gasteiger partial charge on any atom is -0.320 e. The van der Waals surface area contributed by atoms with E-state index in [1.54, 1.807) is 10.5 Å². The molecule has 0 fully saturated rings. The zero-order valence-corrected chi connectivity index (χ0v) is 6.97. The zero-order chi connectivity index (χ0) is 7.56. The average Bonchev–Trinajstić information content (AvgIpc) is 1.88. The van der Waals surface area contributed by atoms with Gasteiger partial charge in [-0.1, -0.05) is 12.8 Å². The molecule has 0 unspecified atom stereocenters. The summed E-state index contributed by atoms with van der Waals surface area (Å²) in [6.07, 6.45) is 1.77. The van der Waals surface area contributed by atoms with Crippen molar-refractivity contribution in [3.8, 4) is 0 Å². The second-order valence-corrected chi connectivity index (χ2v) is 2.73. The Morgan fingerprint density at radius 2 is 2.30 bits per heavy atom. The van der Waals surface area contributed by atoms with E-state index in [4.69, 9.17) is 0 Å². The van der Waals surface area contributed by atoms with Gasteiger partial charge in [0.1, 0.15) is 0 Å². The van der Waals surface area contributed by atoms with E-state index in [-0.39, 0.29) is 0 Å².